The molecule has 1 aliphatic heterocycles. The third-order valence-electron chi connectivity index (χ3n) is 4.44. The van der Waals surface area contributed by atoms with Gasteiger partial charge in [-0.05, 0) is 42.9 Å². The summed E-state index contributed by atoms with van der Waals surface area (Å²) in [6, 6.07) is 6.46. The number of aryl methyl sites for hydroxylation is 1. The van der Waals surface area contributed by atoms with Crippen molar-refractivity contribution in [3.63, 3.8) is 0 Å². The van der Waals surface area contributed by atoms with Crippen molar-refractivity contribution < 1.29 is 4.79 Å². The molecule has 1 fully saturated rings. The number of nitrogens with zero attached hydrogens (tertiary/aromatic N) is 1. The van der Waals surface area contributed by atoms with Crippen molar-refractivity contribution in [3.8, 4) is 0 Å². The summed E-state index contributed by atoms with van der Waals surface area (Å²) < 4.78 is 0. The Morgan fingerprint density at radius 1 is 1.30 bits per heavy atom. The van der Waals surface area contributed by atoms with Crippen LogP contribution in [0.5, 0.6) is 0 Å². The molecule has 1 aromatic rings. The summed E-state index contributed by atoms with van der Waals surface area (Å²) in [6.07, 6.45) is 1.60. The monoisotopic (exact) mass is 274 g/mol. The lowest BCUT2D eigenvalue weighted by molar-refractivity contribution is -0.131. The molecule has 1 heterocycles. The molecule has 3 nitrogen and oxygen atoms in total. The first-order valence-corrected chi connectivity index (χ1v) is 7.64. The van der Waals surface area contributed by atoms with Crippen LogP contribution in [0.2, 0.25) is 0 Å². The molecular formula is C17H26N2O. The van der Waals surface area contributed by atoms with E-state index in [-0.39, 0.29) is 0 Å². The molecule has 0 saturated carbocycles. The number of nitrogens with one attached hydrogen (secondary N) is 1. The summed E-state index contributed by atoms with van der Waals surface area (Å²) in [5, 5.41) is 3.28. The van der Waals surface area contributed by atoms with Gasteiger partial charge in [-0.2, -0.15) is 0 Å². The van der Waals surface area contributed by atoms with Gasteiger partial charge in [0, 0.05) is 32.6 Å². The Kier molecular flexibility index (Phi) is 5.18. The first-order chi connectivity index (χ1) is 9.59. The lowest BCUT2D eigenvalue weighted by Gasteiger charge is -2.28. The van der Waals surface area contributed by atoms with Gasteiger partial charge in [-0.25, -0.2) is 0 Å². The smallest absolute Gasteiger partial charge is 0.222 e. The molecule has 1 N–H and O–H groups in total. The van der Waals surface area contributed by atoms with Crippen molar-refractivity contribution in [1.82, 2.24) is 10.2 Å². The first kappa shape index (κ1) is 15.0. The standard InChI is InChI=1S/C17H26N2O/c1-13-5-4-6-16(15(13)3)14(2)7-8-17(20)19-11-9-18-10-12-19/h4-6,14,18H,7-12H2,1-3H3. The molecule has 1 amide bonds. The quantitative estimate of drug-likeness (QED) is 0.915. The van der Waals surface area contributed by atoms with E-state index < -0.39 is 0 Å². The molecule has 1 aromatic carbocycles. The van der Waals surface area contributed by atoms with Gasteiger partial charge in [0.1, 0.15) is 0 Å². The fraction of sp³-hybridized carbons (Fsp3) is 0.588. The highest BCUT2D eigenvalue weighted by Crippen LogP contribution is 2.26. The number of hydrogen-bond donors (Lipinski definition) is 1. The molecule has 110 valence electrons. The molecule has 0 aliphatic carbocycles. The predicted octanol–water partition coefficient (Wildman–Crippen LogP) is 2.62. The molecule has 1 atom stereocenters. The number of amides is 1. The Morgan fingerprint density at radius 2 is 2.00 bits per heavy atom. The topological polar surface area (TPSA) is 32.3 Å². The molecule has 1 aliphatic rings. The first-order valence-electron chi connectivity index (χ1n) is 7.64. The second-order valence-electron chi connectivity index (χ2n) is 5.86. The fourth-order valence-corrected chi connectivity index (χ4v) is 2.88. The molecule has 2 rings (SSSR count). The van der Waals surface area contributed by atoms with Crippen LogP contribution in [-0.2, 0) is 4.79 Å². The minimum Gasteiger partial charge on any atom is -0.340 e. The second kappa shape index (κ2) is 6.89. The van der Waals surface area contributed by atoms with E-state index in [2.05, 4.69) is 44.3 Å². The zero-order valence-electron chi connectivity index (χ0n) is 12.9. The molecule has 0 bridgehead atoms. The third kappa shape index (κ3) is 3.60. The molecule has 1 saturated heterocycles. The van der Waals surface area contributed by atoms with E-state index >= 15 is 0 Å². The van der Waals surface area contributed by atoms with E-state index in [0.717, 1.165) is 32.6 Å². The van der Waals surface area contributed by atoms with Crippen molar-refractivity contribution in [2.45, 2.75) is 39.5 Å². The Labute approximate surface area is 122 Å². The van der Waals surface area contributed by atoms with Gasteiger partial charge in [-0.1, -0.05) is 25.1 Å². The summed E-state index contributed by atoms with van der Waals surface area (Å²) in [5.41, 5.74) is 4.09. The number of piperazine rings is 1. The van der Waals surface area contributed by atoms with Crippen molar-refractivity contribution in [1.29, 1.82) is 0 Å². The van der Waals surface area contributed by atoms with Gasteiger partial charge in [-0.15, -0.1) is 0 Å². The Bertz CT molecular complexity index is 464. The molecule has 0 aromatic heterocycles. The largest absolute Gasteiger partial charge is 0.340 e. The van der Waals surface area contributed by atoms with Crippen LogP contribution in [0.25, 0.3) is 0 Å². The molecule has 1 unspecified atom stereocenters. The number of benzene rings is 1. The van der Waals surface area contributed by atoms with Gasteiger partial charge < -0.3 is 10.2 Å². The Balaban J connectivity index is 1.89. The summed E-state index contributed by atoms with van der Waals surface area (Å²) in [4.78, 5) is 14.2. The van der Waals surface area contributed by atoms with E-state index in [1.807, 2.05) is 4.90 Å². The van der Waals surface area contributed by atoms with Gasteiger partial charge >= 0.3 is 0 Å². The molecule has 3 heteroatoms. The van der Waals surface area contributed by atoms with Crippen molar-refractivity contribution in [2.75, 3.05) is 26.2 Å². The predicted molar refractivity (Wildman–Crippen MR) is 83.0 cm³/mol. The Hall–Kier alpha value is -1.35. The maximum atomic E-state index is 12.2. The van der Waals surface area contributed by atoms with Crippen LogP contribution < -0.4 is 5.32 Å². The zero-order valence-corrected chi connectivity index (χ0v) is 12.9. The van der Waals surface area contributed by atoms with Gasteiger partial charge in [0.05, 0.1) is 0 Å². The van der Waals surface area contributed by atoms with Crippen LogP contribution in [0, 0.1) is 13.8 Å². The molecular weight excluding hydrogens is 248 g/mol. The van der Waals surface area contributed by atoms with Crippen LogP contribution in [0.15, 0.2) is 18.2 Å². The number of rotatable bonds is 4. The van der Waals surface area contributed by atoms with E-state index in [1.54, 1.807) is 0 Å². The summed E-state index contributed by atoms with van der Waals surface area (Å²) in [6.45, 7) is 10.1. The maximum Gasteiger partial charge on any atom is 0.222 e. The third-order valence-corrected chi connectivity index (χ3v) is 4.44. The highest BCUT2D eigenvalue weighted by molar-refractivity contribution is 5.76. The summed E-state index contributed by atoms with van der Waals surface area (Å²) in [5.74, 6) is 0.755. The van der Waals surface area contributed by atoms with Gasteiger partial charge in [0.2, 0.25) is 5.91 Å². The van der Waals surface area contributed by atoms with Crippen LogP contribution in [-0.4, -0.2) is 37.0 Å². The van der Waals surface area contributed by atoms with Gasteiger partial charge in [0.25, 0.3) is 0 Å². The molecule has 0 spiro atoms. The van der Waals surface area contributed by atoms with Gasteiger partial charge in [-0.3, -0.25) is 4.79 Å². The van der Waals surface area contributed by atoms with E-state index in [1.165, 1.54) is 16.7 Å². The molecule has 20 heavy (non-hydrogen) atoms. The lowest BCUT2D eigenvalue weighted by atomic mass is 9.90. The van der Waals surface area contributed by atoms with Crippen LogP contribution >= 0.6 is 0 Å². The number of carbonyl (C=O) groups excluding carboxylic acids is 1. The summed E-state index contributed by atoms with van der Waals surface area (Å²) in [7, 11) is 0. The minimum atomic E-state index is 0.309. The van der Waals surface area contributed by atoms with Gasteiger partial charge in [0.15, 0.2) is 0 Å². The van der Waals surface area contributed by atoms with Crippen LogP contribution in [0.3, 0.4) is 0 Å². The zero-order chi connectivity index (χ0) is 14.5. The average molecular weight is 274 g/mol. The van der Waals surface area contributed by atoms with Crippen molar-refractivity contribution in [2.24, 2.45) is 0 Å². The number of hydrogen-bond acceptors (Lipinski definition) is 2. The SMILES string of the molecule is Cc1cccc(C(C)CCC(=O)N2CCNCC2)c1C. The normalized spacial score (nSPS) is 17.1. The Morgan fingerprint density at radius 3 is 2.70 bits per heavy atom. The minimum absolute atomic E-state index is 0.309. The molecule has 0 radical (unpaired) electrons. The van der Waals surface area contributed by atoms with E-state index in [9.17, 15) is 4.79 Å². The van der Waals surface area contributed by atoms with Crippen molar-refractivity contribution >= 4 is 5.91 Å². The summed E-state index contributed by atoms with van der Waals surface area (Å²) >= 11 is 0. The fourth-order valence-electron chi connectivity index (χ4n) is 2.88. The van der Waals surface area contributed by atoms with E-state index in [0.29, 0.717) is 18.2 Å². The van der Waals surface area contributed by atoms with Crippen LogP contribution in [0.4, 0.5) is 0 Å². The lowest BCUT2D eigenvalue weighted by Crippen LogP contribution is -2.46. The van der Waals surface area contributed by atoms with Crippen molar-refractivity contribution in [3.05, 3.63) is 34.9 Å². The highest BCUT2D eigenvalue weighted by atomic mass is 16.2. The maximum absolute atomic E-state index is 12.2. The van der Waals surface area contributed by atoms with Crippen LogP contribution in [0.1, 0.15) is 42.4 Å². The second-order valence-corrected chi connectivity index (χ2v) is 5.86. The van der Waals surface area contributed by atoms with E-state index in [4.69, 9.17) is 0 Å². The average Bonchev–Trinajstić information content (AvgIpc) is 2.48. The number of carbonyl (C=O) groups is 1. The highest BCUT2D eigenvalue weighted by Gasteiger charge is 2.17.